The van der Waals surface area contributed by atoms with Crippen LogP contribution in [0.5, 0.6) is 0 Å². The predicted molar refractivity (Wildman–Crippen MR) is 112 cm³/mol. The van der Waals surface area contributed by atoms with Gasteiger partial charge in [0, 0.05) is 45.1 Å². The summed E-state index contributed by atoms with van der Waals surface area (Å²) in [4.78, 5) is 25.7. The third-order valence-electron chi connectivity index (χ3n) is 5.43. The number of hydrogen-bond donors (Lipinski definition) is 1. The van der Waals surface area contributed by atoms with Crippen LogP contribution in [0.1, 0.15) is 48.0 Å². The average Bonchev–Trinajstić information content (AvgIpc) is 3.28. The van der Waals surface area contributed by atoms with E-state index in [0.29, 0.717) is 22.9 Å². The van der Waals surface area contributed by atoms with Crippen LogP contribution in [-0.4, -0.2) is 47.0 Å². The summed E-state index contributed by atoms with van der Waals surface area (Å²) in [5, 5.41) is 3.75. The molecule has 0 aromatic carbocycles. The standard InChI is InChI=1S/C21H26ClN5O/c22-18-13-17(21(28)27-10-2-1-3-11-27)15-25-20(18)24-14-16-6-7-23-19(12-16)26-8-4-5-9-26/h6-7,12-13,15H,1-5,8-11,14H2,(H,24,25). The van der Waals surface area contributed by atoms with E-state index in [2.05, 4.69) is 26.3 Å². The molecule has 0 atom stereocenters. The highest BCUT2D eigenvalue weighted by Gasteiger charge is 2.19. The fraction of sp³-hybridized carbons (Fsp3) is 0.476. The van der Waals surface area contributed by atoms with Crippen molar-refractivity contribution in [3.05, 3.63) is 46.7 Å². The van der Waals surface area contributed by atoms with Gasteiger partial charge in [-0.05, 0) is 55.9 Å². The number of carbonyl (C=O) groups excluding carboxylic acids is 1. The Bertz CT molecular complexity index is 831. The minimum Gasteiger partial charge on any atom is -0.365 e. The van der Waals surface area contributed by atoms with Crippen LogP contribution in [0.25, 0.3) is 0 Å². The Balaban J connectivity index is 1.40. The minimum atomic E-state index is 0.0186. The molecule has 1 N–H and O–H groups in total. The molecule has 4 heterocycles. The number of pyridine rings is 2. The van der Waals surface area contributed by atoms with Gasteiger partial charge >= 0.3 is 0 Å². The van der Waals surface area contributed by atoms with Gasteiger partial charge in [-0.15, -0.1) is 0 Å². The molecule has 4 rings (SSSR count). The molecule has 2 aromatic heterocycles. The first-order valence-electron chi connectivity index (χ1n) is 10.1. The Morgan fingerprint density at radius 3 is 2.54 bits per heavy atom. The van der Waals surface area contributed by atoms with E-state index >= 15 is 0 Å². The molecule has 2 fully saturated rings. The van der Waals surface area contributed by atoms with E-state index in [-0.39, 0.29) is 5.91 Å². The minimum absolute atomic E-state index is 0.0186. The van der Waals surface area contributed by atoms with E-state index in [0.717, 1.165) is 50.4 Å². The molecule has 0 radical (unpaired) electrons. The molecule has 2 saturated heterocycles. The molecule has 0 unspecified atom stereocenters. The zero-order valence-corrected chi connectivity index (χ0v) is 16.8. The number of halogens is 1. The fourth-order valence-corrected chi connectivity index (χ4v) is 4.07. The van der Waals surface area contributed by atoms with Crippen molar-refractivity contribution < 1.29 is 4.79 Å². The molecule has 2 aliphatic heterocycles. The molecule has 28 heavy (non-hydrogen) atoms. The Kier molecular flexibility index (Phi) is 5.95. The van der Waals surface area contributed by atoms with Crippen molar-refractivity contribution in [2.45, 2.75) is 38.6 Å². The number of rotatable bonds is 5. The van der Waals surface area contributed by atoms with Crippen LogP contribution in [0.2, 0.25) is 5.02 Å². The van der Waals surface area contributed by atoms with Gasteiger partial charge in [-0.25, -0.2) is 9.97 Å². The van der Waals surface area contributed by atoms with E-state index in [1.165, 1.54) is 19.3 Å². The lowest BCUT2D eigenvalue weighted by molar-refractivity contribution is 0.0724. The zero-order chi connectivity index (χ0) is 19.3. The number of amides is 1. The summed E-state index contributed by atoms with van der Waals surface area (Å²) in [6.07, 6.45) is 9.25. The molecule has 2 aliphatic rings. The first-order valence-corrected chi connectivity index (χ1v) is 10.5. The molecular formula is C21H26ClN5O. The Morgan fingerprint density at radius 1 is 1.04 bits per heavy atom. The first kappa shape index (κ1) is 19.0. The summed E-state index contributed by atoms with van der Waals surface area (Å²) < 4.78 is 0. The molecule has 6 nitrogen and oxygen atoms in total. The average molecular weight is 400 g/mol. The van der Waals surface area contributed by atoms with E-state index in [1.807, 2.05) is 17.2 Å². The van der Waals surface area contributed by atoms with Crippen molar-refractivity contribution >= 4 is 29.1 Å². The monoisotopic (exact) mass is 399 g/mol. The Labute approximate surface area is 170 Å². The first-order chi connectivity index (χ1) is 13.7. The highest BCUT2D eigenvalue weighted by atomic mass is 35.5. The van der Waals surface area contributed by atoms with Gasteiger partial charge in [-0.3, -0.25) is 4.79 Å². The lowest BCUT2D eigenvalue weighted by Crippen LogP contribution is -2.35. The van der Waals surface area contributed by atoms with Crippen molar-refractivity contribution in [1.29, 1.82) is 0 Å². The normalized spacial score (nSPS) is 17.0. The summed E-state index contributed by atoms with van der Waals surface area (Å²) in [5.74, 6) is 1.64. The summed E-state index contributed by atoms with van der Waals surface area (Å²) in [6, 6.07) is 5.82. The van der Waals surface area contributed by atoms with Gasteiger partial charge in [-0.2, -0.15) is 0 Å². The number of nitrogens with zero attached hydrogens (tertiary/aromatic N) is 4. The topological polar surface area (TPSA) is 61.4 Å². The van der Waals surface area contributed by atoms with Crippen molar-refractivity contribution in [1.82, 2.24) is 14.9 Å². The van der Waals surface area contributed by atoms with Crippen LogP contribution in [0, 0.1) is 0 Å². The maximum absolute atomic E-state index is 12.6. The fourth-order valence-electron chi connectivity index (χ4n) is 3.84. The molecular weight excluding hydrogens is 374 g/mol. The second kappa shape index (κ2) is 8.78. The van der Waals surface area contributed by atoms with Gasteiger partial charge in [0.05, 0.1) is 10.6 Å². The van der Waals surface area contributed by atoms with Crippen LogP contribution >= 0.6 is 11.6 Å². The Hall–Kier alpha value is -2.34. The zero-order valence-electron chi connectivity index (χ0n) is 16.0. The Morgan fingerprint density at radius 2 is 1.79 bits per heavy atom. The van der Waals surface area contributed by atoms with Gasteiger partial charge in [-0.1, -0.05) is 11.6 Å². The maximum atomic E-state index is 12.6. The number of carbonyl (C=O) groups is 1. The SMILES string of the molecule is O=C(c1cnc(NCc2ccnc(N3CCCC3)c2)c(Cl)c1)N1CCCCC1. The van der Waals surface area contributed by atoms with E-state index in [9.17, 15) is 4.79 Å². The van der Waals surface area contributed by atoms with Gasteiger partial charge in [0.2, 0.25) is 0 Å². The molecule has 2 aromatic rings. The molecule has 0 spiro atoms. The molecule has 148 valence electrons. The molecule has 1 amide bonds. The summed E-state index contributed by atoms with van der Waals surface area (Å²) in [5.41, 5.74) is 1.68. The van der Waals surface area contributed by atoms with Crippen molar-refractivity contribution in [2.75, 3.05) is 36.4 Å². The number of hydrogen-bond acceptors (Lipinski definition) is 5. The molecule has 0 bridgehead atoms. The summed E-state index contributed by atoms with van der Waals surface area (Å²) in [7, 11) is 0. The highest BCUT2D eigenvalue weighted by molar-refractivity contribution is 6.33. The lowest BCUT2D eigenvalue weighted by Gasteiger charge is -2.26. The quantitative estimate of drug-likeness (QED) is 0.824. The lowest BCUT2D eigenvalue weighted by atomic mass is 10.1. The van der Waals surface area contributed by atoms with E-state index < -0.39 is 0 Å². The third kappa shape index (κ3) is 4.38. The van der Waals surface area contributed by atoms with E-state index in [1.54, 1.807) is 12.3 Å². The number of likely N-dealkylation sites (tertiary alicyclic amines) is 1. The number of aromatic nitrogens is 2. The second-order valence-electron chi connectivity index (χ2n) is 7.48. The van der Waals surface area contributed by atoms with Gasteiger partial charge in [0.15, 0.2) is 0 Å². The largest absolute Gasteiger partial charge is 0.365 e. The number of nitrogens with one attached hydrogen (secondary N) is 1. The summed E-state index contributed by atoms with van der Waals surface area (Å²) >= 11 is 6.40. The molecule has 0 saturated carbocycles. The number of anilines is 2. The predicted octanol–water partition coefficient (Wildman–Crippen LogP) is 3.97. The van der Waals surface area contributed by atoms with Crippen molar-refractivity contribution in [2.24, 2.45) is 0 Å². The number of piperidine rings is 1. The van der Waals surface area contributed by atoms with Gasteiger partial charge < -0.3 is 15.1 Å². The van der Waals surface area contributed by atoms with Crippen LogP contribution in [-0.2, 0) is 6.54 Å². The smallest absolute Gasteiger partial charge is 0.255 e. The van der Waals surface area contributed by atoms with Crippen LogP contribution in [0.4, 0.5) is 11.6 Å². The van der Waals surface area contributed by atoms with Crippen LogP contribution in [0.3, 0.4) is 0 Å². The second-order valence-corrected chi connectivity index (χ2v) is 7.88. The maximum Gasteiger partial charge on any atom is 0.255 e. The van der Waals surface area contributed by atoms with Crippen molar-refractivity contribution in [3.8, 4) is 0 Å². The van der Waals surface area contributed by atoms with E-state index in [4.69, 9.17) is 11.6 Å². The third-order valence-corrected chi connectivity index (χ3v) is 5.72. The van der Waals surface area contributed by atoms with Crippen molar-refractivity contribution in [3.63, 3.8) is 0 Å². The van der Waals surface area contributed by atoms with Crippen LogP contribution in [0.15, 0.2) is 30.6 Å². The molecule has 7 heteroatoms. The molecule has 0 aliphatic carbocycles. The van der Waals surface area contributed by atoms with Gasteiger partial charge in [0.25, 0.3) is 5.91 Å². The summed E-state index contributed by atoms with van der Waals surface area (Å²) in [6.45, 7) is 4.39. The van der Waals surface area contributed by atoms with Gasteiger partial charge in [0.1, 0.15) is 11.6 Å². The highest BCUT2D eigenvalue weighted by Crippen LogP contribution is 2.23. The van der Waals surface area contributed by atoms with Crippen LogP contribution < -0.4 is 10.2 Å².